The molecule has 2 aliphatic rings. The first-order valence-electron chi connectivity index (χ1n) is 22.6. The number of benzene rings is 2. The Morgan fingerprint density at radius 2 is 1.41 bits per heavy atom. The van der Waals surface area contributed by atoms with Crippen molar-refractivity contribution in [3.63, 3.8) is 0 Å². The van der Waals surface area contributed by atoms with Crippen LogP contribution in [0.3, 0.4) is 0 Å². The van der Waals surface area contributed by atoms with Gasteiger partial charge in [-0.2, -0.15) is 0 Å². The third-order valence-corrected chi connectivity index (χ3v) is 12.1. The fourth-order valence-electron chi connectivity index (χ4n) is 8.19. The minimum absolute atomic E-state index is 0.0185. The Kier molecular flexibility index (Phi) is 18.3. The van der Waals surface area contributed by atoms with Crippen molar-refractivity contribution in [1.82, 2.24) is 42.1 Å². The van der Waals surface area contributed by atoms with Crippen LogP contribution >= 0.6 is 0 Å². The van der Waals surface area contributed by atoms with E-state index in [4.69, 9.17) is 0 Å². The molecule has 8 unspecified atom stereocenters. The summed E-state index contributed by atoms with van der Waals surface area (Å²) >= 11 is 0. The number of amides is 7. The normalized spacial score (nSPS) is 19.7. The van der Waals surface area contributed by atoms with Crippen molar-refractivity contribution in [1.29, 1.82) is 0 Å². The van der Waals surface area contributed by atoms with E-state index in [-0.39, 0.29) is 79.8 Å². The van der Waals surface area contributed by atoms with Gasteiger partial charge < -0.3 is 42.1 Å². The molecule has 63 heavy (non-hydrogen) atoms. The molecule has 346 valence electrons. The monoisotopic (exact) mass is 873 g/mol. The van der Waals surface area contributed by atoms with Gasteiger partial charge in [-0.05, 0) is 81.0 Å². The summed E-state index contributed by atoms with van der Waals surface area (Å²) in [7, 11) is 1.65. The molecule has 0 aromatic heterocycles. The Morgan fingerprint density at radius 3 is 2.05 bits per heavy atom. The van der Waals surface area contributed by atoms with Crippen LogP contribution in [0, 0.1) is 17.3 Å². The zero-order valence-corrected chi connectivity index (χ0v) is 38.9. The predicted molar refractivity (Wildman–Crippen MR) is 243 cm³/mol. The maximum absolute atomic E-state index is 14.2. The molecule has 0 bridgehead atoms. The van der Waals surface area contributed by atoms with Crippen molar-refractivity contribution in [2.45, 2.75) is 156 Å². The second-order valence-electron chi connectivity index (χ2n) is 19.0. The van der Waals surface area contributed by atoms with E-state index in [0.717, 1.165) is 29.5 Å². The lowest BCUT2D eigenvalue weighted by Crippen LogP contribution is -2.59. The van der Waals surface area contributed by atoms with Gasteiger partial charge in [0.25, 0.3) is 0 Å². The molecule has 1 aliphatic heterocycles. The molecule has 1 saturated heterocycles. The van der Waals surface area contributed by atoms with Crippen LogP contribution in [0.4, 0.5) is 0 Å². The van der Waals surface area contributed by atoms with E-state index < -0.39 is 59.4 Å². The molecular weight excluding hydrogens is 801 g/mol. The predicted octanol–water partition coefficient (Wildman–Crippen LogP) is 3.73. The SMILES string of the molecule is CNC(C)C(=O)NC(C(=O)NC(CCC(=O)NC1CC(CC(=O)NC(C)c2ccccc2)N(C(=O)C(NC(=O)C(C)C)C(C)C)C1)C(=O)NC1CCCc2ccccc21)C(C)(C)C. The molecule has 15 nitrogen and oxygen atoms in total. The molecule has 1 aliphatic carbocycles. The summed E-state index contributed by atoms with van der Waals surface area (Å²) in [5, 5.41) is 20.7. The van der Waals surface area contributed by atoms with Crippen LogP contribution in [-0.4, -0.2) is 96.1 Å². The lowest BCUT2D eigenvalue weighted by Gasteiger charge is -2.33. The first-order chi connectivity index (χ1) is 29.7. The number of fused-ring (bicyclic) bond motifs is 1. The minimum atomic E-state index is -1.12. The molecule has 15 heteroatoms. The third-order valence-electron chi connectivity index (χ3n) is 12.1. The lowest BCUT2D eigenvalue weighted by atomic mass is 9.85. The quantitative estimate of drug-likeness (QED) is 0.111. The van der Waals surface area contributed by atoms with Crippen LogP contribution in [-0.2, 0) is 40.0 Å². The Labute approximate surface area is 373 Å². The van der Waals surface area contributed by atoms with Crippen molar-refractivity contribution in [2.75, 3.05) is 13.6 Å². The number of hydrogen-bond donors (Lipinski definition) is 7. The third kappa shape index (κ3) is 14.4. The summed E-state index contributed by atoms with van der Waals surface area (Å²) in [4.78, 5) is 97.1. The Hall–Kier alpha value is -5.31. The highest BCUT2D eigenvalue weighted by atomic mass is 16.2. The average molecular weight is 873 g/mol. The van der Waals surface area contributed by atoms with Crippen molar-refractivity contribution < 1.29 is 33.6 Å². The molecule has 2 aromatic carbocycles. The van der Waals surface area contributed by atoms with Crippen molar-refractivity contribution >= 4 is 41.4 Å². The summed E-state index contributed by atoms with van der Waals surface area (Å²) < 4.78 is 0. The standard InChI is InChI=1S/C48H72N8O7/c1-28(2)41(54-43(59)29(3)4)47(63)56-27-34(25-35(56)26-40(58)50-30(5)32-17-12-11-13-18-32)51-39(57)24-23-38(45(61)52-37-22-16-20-33-19-14-15-21-36(33)37)53-46(62)42(48(7,8)9)55-44(60)31(6)49-10/h11-15,17-19,21,28-31,34-35,37-38,41-42,49H,16,20,22-27H2,1-10H3,(H,50,58)(H,51,57)(H,52,61)(H,53,62)(H,54,59)(H,55,60). The molecule has 7 amide bonds. The smallest absolute Gasteiger partial charge is 0.245 e. The molecule has 8 atom stereocenters. The zero-order chi connectivity index (χ0) is 46.6. The largest absolute Gasteiger partial charge is 0.352 e. The van der Waals surface area contributed by atoms with Crippen LogP contribution in [0.1, 0.15) is 130 Å². The highest BCUT2D eigenvalue weighted by molar-refractivity contribution is 5.94. The molecule has 0 spiro atoms. The molecule has 0 radical (unpaired) electrons. The first-order valence-corrected chi connectivity index (χ1v) is 22.6. The first kappa shape index (κ1) is 50.3. The van der Waals surface area contributed by atoms with Gasteiger partial charge in [0.2, 0.25) is 41.4 Å². The Bertz CT molecular complexity index is 1910. The fraction of sp³-hybridized carbons (Fsp3) is 0.604. The maximum Gasteiger partial charge on any atom is 0.245 e. The van der Waals surface area contributed by atoms with Gasteiger partial charge in [0.15, 0.2) is 0 Å². The average Bonchev–Trinajstić information content (AvgIpc) is 3.63. The summed E-state index contributed by atoms with van der Waals surface area (Å²) in [6.07, 6.45) is 2.56. The Balaban J connectivity index is 1.53. The number of carbonyl (C=O) groups is 7. The Morgan fingerprint density at radius 1 is 0.746 bits per heavy atom. The number of nitrogens with one attached hydrogen (secondary N) is 7. The highest BCUT2D eigenvalue weighted by Gasteiger charge is 2.42. The topological polar surface area (TPSA) is 207 Å². The summed E-state index contributed by atoms with van der Waals surface area (Å²) in [6, 6.07) is 12.3. The molecule has 4 rings (SSSR count). The molecule has 7 N–H and O–H groups in total. The highest BCUT2D eigenvalue weighted by Crippen LogP contribution is 2.30. The van der Waals surface area contributed by atoms with Gasteiger partial charge in [-0.15, -0.1) is 0 Å². The van der Waals surface area contributed by atoms with E-state index in [1.54, 1.807) is 32.7 Å². The van der Waals surface area contributed by atoms with Crippen molar-refractivity contribution in [2.24, 2.45) is 17.3 Å². The van der Waals surface area contributed by atoms with E-state index in [9.17, 15) is 33.6 Å². The number of hydrogen-bond acceptors (Lipinski definition) is 8. The molecule has 2 aromatic rings. The van der Waals surface area contributed by atoms with Gasteiger partial charge >= 0.3 is 0 Å². The summed E-state index contributed by atoms with van der Waals surface area (Å²) in [5.74, 6) is -3.24. The molecule has 1 fully saturated rings. The molecule has 1 heterocycles. The van der Waals surface area contributed by atoms with E-state index in [2.05, 4.69) is 37.2 Å². The van der Waals surface area contributed by atoms with Crippen LogP contribution < -0.4 is 37.2 Å². The van der Waals surface area contributed by atoms with Gasteiger partial charge in [0.05, 0.1) is 18.1 Å². The zero-order valence-electron chi connectivity index (χ0n) is 38.9. The second-order valence-corrected chi connectivity index (χ2v) is 19.0. The van der Waals surface area contributed by atoms with E-state index in [1.165, 1.54) is 0 Å². The van der Waals surface area contributed by atoms with Crippen LogP contribution in [0.25, 0.3) is 0 Å². The van der Waals surface area contributed by atoms with Gasteiger partial charge in [-0.25, -0.2) is 0 Å². The van der Waals surface area contributed by atoms with Crippen molar-refractivity contribution in [3.05, 3.63) is 71.3 Å². The summed E-state index contributed by atoms with van der Waals surface area (Å²) in [6.45, 7) is 16.3. The van der Waals surface area contributed by atoms with Crippen LogP contribution in [0.15, 0.2) is 54.6 Å². The number of nitrogens with zero attached hydrogens (tertiary/aromatic N) is 1. The summed E-state index contributed by atoms with van der Waals surface area (Å²) in [5.41, 5.74) is 2.37. The van der Waals surface area contributed by atoms with Gasteiger partial charge in [0, 0.05) is 37.4 Å². The van der Waals surface area contributed by atoms with Crippen LogP contribution in [0.5, 0.6) is 0 Å². The second kappa shape index (κ2) is 22.9. The molecular formula is C48H72N8O7. The lowest BCUT2D eigenvalue weighted by molar-refractivity contribution is -0.140. The number of rotatable bonds is 19. The van der Waals surface area contributed by atoms with Gasteiger partial charge in [-0.1, -0.05) is 103 Å². The molecule has 0 saturated carbocycles. The fourth-order valence-corrected chi connectivity index (χ4v) is 8.19. The van der Waals surface area contributed by atoms with Crippen LogP contribution in [0.2, 0.25) is 0 Å². The maximum atomic E-state index is 14.2. The van der Waals surface area contributed by atoms with Gasteiger partial charge in [-0.3, -0.25) is 33.6 Å². The minimum Gasteiger partial charge on any atom is -0.352 e. The number of carbonyl (C=O) groups excluding carboxylic acids is 7. The van der Waals surface area contributed by atoms with E-state index >= 15 is 0 Å². The number of likely N-dealkylation sites (N-methyl/N-ethyl adjacent to an activating group) is 1. The van der Waals surface area contributed by atoms with E-state index in [1.807, 2.05) is 96.1 Å². The van der Waals surface area contributed by atoms with E-state index in [0.29, 0.717) is 6.42 Å². The number of aryl methyl sites for hydroxylation is 1. The van der Waals surface area contributed by atoms with Gasteiger partial charge in [0.1, 0.15) is 18.1 Å². The van der Waals surface area contributed by atoms with Crippen molar-refractivity contribution in [3.8, 4) is 0 Å². The number of likely N-dealkylation sites (tertiary alicyclic amines) is 1.